The van der Waals surface area contributed by atoms with E-state index in [4.69, 9.17) is 0 Å². The summed E-state index contributed by atoms with van der Waals surface area (Å²) >= 11 is 0. The monoisotopic (exact) mass is 426 g/mol. The molecule has 1 amide bonds. The molecule has 5 rings (SSSR count). The molecule has 32 heavy (non-hydrogen) atoms. The van der Waals surface area contributed by atoms with E-state index in [1.54, 1.807) is 0 Å². The Morgan fingerprint density at radius 3 is 2.50 bits per heavy atom. The zero-order valence-electron chi connectivity index (χ0n) is 18.5. The van der Waals surface area contributed by atoms with Crippen molar-refractivity contribution in [3.8, 4) is 11.1 Å². The Hall–Kier alpha value is -3.80. The Morgan fingerprint density at radius 2 is 1.75 bits per heavy atom. The molecule has 0 bridgehead atoms. The minimum atomic E-state index is -0.179. The summed E-state index contributed by atoms with van der Waals surface area (Å²) in [6, 6.07) is 15.8. The third-order valence-corrected chi connectivity index (χ3v) is 6.16. The number of benzene rings is 2. The molecule has 2 aromatic carbocycles. The largest absolute Gasteiger partial charge is 0.349 e. The second kappa shape index (κ2) is 7.71. The summed E-state index contributed by atoms with van der Waals surface area (Å²) in [7, 11) is 1.93. The molecular weight excluding hydrogens is 400 g/mol. The van der Waals surface area contributed by atoms with E-state index in [0.29, 0.717) is 11.1 Å². The average molecular weight is 427 g/mol. The Kier molecular flexibility index (Phi) is 4.85. The number of aromatic amines is 1. The van der Waals surface area contributed by atoms with Gasteiger partial charge in [-0.15, -0.1) is 0 Å². The van der Waals surface area contributed by atoms with E-state index < -0.39 is 0 Å². The van der Waals surface area contributed by atoms with Gasteiger partial charge in [0, 0.05) is 41.2 Å². The molecule has 6 heteroatoms. The van der Waals surface area contributed by atoms with Gasteiger partial charge in [0.2, 0.25) is 0 Å². The minimum Gasteiger partial charge on any atom is -0.349 e. The summed E-state index contributed by atoms with van der Waals surface area (Å²) in [5.41, 5.74) is 9.02. The van der Waals surface area contributed by atoms with Gasteiger partial charge in [-0.2, -0.15) is 0 Å². The molecule has 1 saturated carbocycles. The lowest BCUT2D eigenvalue weighted by Crippen LogP contribution is -2.48. The lowest BCUT2D eigenvalue weighted by molar-refractivity contribution is 0.0951. The Labute approximate surface area is 186 Å². The molecule has 1 aliphatic carbocycles. The molecular formula is C26H26N4O2. The van der Waals surface area contributed by atoms with Crippen LogP contribution in [0.1, 0.15) is 39.9 Å². The summed E-state index contributed by atoms with van der Waals surface area (Å²) in [5.74, 6) is -0.0897. The van der Waals surface area contributed by atoms with Gasteiger partial charge in [-0.3, -0.25) is 14.6 Å². The van der Waals surface area contributed by atoms with Crippen molar-refractivity contribution in [2.45, 2.75) is 32.7 Å². The van der Waals surface area contributed by atoms with Crippen molar-refractivity contribution in [3.63, 3.8) is 0 Å². The van der Waals surface area contributed by atoms with Gasteiger partial charge in [-0.1, -0.05) is 30.3 Å². The van der Waals surface area contributed by atoms with Crippen molar-refractivity contribution in [2.75, 3.05) is 7.05 Å². The number of amides is 1. The quantitative estimate of drug-likeness (QED) is 0.596. The third-order valence-electron chi connectivity index (χ3n) is 6.16. The molecule has 2 heterocycles. The number of aryl methyl sites for hydroxylation is 2. The number of hydrogen-bond donors (Lipinski definition) is 3. The van der Waals surface area contributed by atoms with Crippen LogP contribution in [0.3, 0.4) is 0 Å². The Morgan fingerprint density at radius 1 is 1.00 bits per heavy atom. The molecule has 3 aromatic rings. The van der Waals surface area contributed by atoms with E-state index >= 15 is 0 Å². The van der Waals surface area contributed by atoms with E-state index in [9.17, 15) is 9.59 Å². The first-order valence-electron chi connectivity index (χ1n) is 10.9. The van der Waals surface area contributed by atoms with Crippen LogP contribution in [0, 0.1) is 13.8 Å². The van der Waals surface area contributed by atoms with Gasteiger partial charge in [0.05, 0.1) is 11.0 Å². The number of rotatable bonds is 4. The van der Waals surface area contributed by atoms with Crippen molar-refractivity contribution in [1.82, 2.24) is 20.7 Å². The molecule has 162 valence electrons. The van der Waals surface area contributed by atoms with E-state index in [0.717, 1.165) is 51.4 Å². The fourth-order valence-corrected chi connectivity index (χ4v) is 4.16. The number of carbonyl (C=O) groups is 1. The van der Waals surface area contributed by atoms with E-state index in [2.05, 4.69) is 34.8 Å². The number of nitrogens with zero attached hydrogens (tertiary/aromatic N) is 1. The van der Waals surface area contributed by atoms with Crippen LogP contribution in [-0.2, 0) is 0 Å². The van der Waals surface area contributed by atoms with Crippen LogP contribution in [0.2, 0.25) is 0 Å². The number of H-pyrrole nitrogens is 1. The zero-order valence-corrected chi connectivity index (χ0v) is 18.5. The number of hydrazine groups is 1. The van der Waals surface area contributed by atoms with Crippen molar-refractivity contribution >= 4 is 17.8 Å². The zero-order chi connectivity index (χ0) is 22.4. The normalized spacial score (nSPS) is 15.0. The summed E-state index contributed by atoms with van der Waals surface area (Å²) in [4.78, 5) is 28.9. The Bertz CT molecular complexity index is 1420. The van der Waals surface area contributed by atoms with Crippen LogP contribution in [-0.4, -0.2) is 29.0 Å². The van der Waals surface area contributed by atoms with E-state index in [-0.39, 0.29) is 17.5 Å². The Balaban J connectivity index is 1.68. The molecule has 1 aliphatic heterocycles. The van der Waals surface area contributed by atoms with Gasteiger partial charge in [0.15, 0.2) is 0 Å². The van der Waals surface area contributed by atoms with Crippen LogP contribution in [0.5, 0.6) is 0 Å². The summed E-state index contributed by atoms with van der Waals surface area (Å²) in [6.45, 7) is 4.01. The van der Waals surface area contributed by atoms with Gasteiger partial charge >= 0.3 is 0 Å². The number of carbonyl (C=O) groups excluding carboxylic acids is 1. The highest BCUT2D eigenvalue weighted by atomic mass is 16.1. The maximum Gasteiger partial charge on any atom is 0.256 e. The standard InChI is InChI=1S/C26H26N4O2/c1-15-6-4-5-7-20(15)24-23-18(14-27-30(24)3)13-22(26(32)29-23)21-12-17(9-8-16(21)2)25(31)28-19-10-11-19/h4-9,12-14,19,27H,10-11H2,1-3H3,(H,28,31)(H,29,32). The van der Waals surface area contributed by atoms with Crippen LogP contribution in [0.25, 0.3) is 23.0 Å². The van der Waals surface area contributed by atoms with E-state index in [1.807, 2.05) is 61.6 Å². The number of aromatic nitrogens is 1. The van der Waals surface area contributed by atoms with Gasteiger partial charge in [0.25, 0.3) is 11.5 Å². The molecule has 1 fully saturated rings. The highest BCUT2D eigenvalue weighted by molar-refractivity contribution is 5.96. The van der Waals surface area contributed by atoms with Crippen molar-refractivity contribution in [2.24, 2.45) is 0 Å². The highest BCUT2D eigenvalue weighted by Crippen LogP contribution is 2.23. The minimum absolute atomic E-state index is 0.0897. The lowest BCUT2D eigenvalue weighted by Gasteiger charge is -2.26. The molecule has 0 unspecified atom stereocenters. The predicted molar refractivity (Wildman–Crippen MR) is 126 cm³/mol. The molecule has 0 atom stereocenters. The SMILES string of the molecule is Cc1ccccc1C1=c2[nH]c(=O)c(-c3cc(C(=O)NC4CC4)ccc3C)cc2=CNN1C. The molecule has 3 N–H and O–H groups in total. The van der Waals surface area contributed by atoms with Crippen LogP contribution in [0.15, 0.2) is 53.3 Å². The van der Waals surface area contributed by atoms with Crippen molar-refractivity contribution in [1.29, 1.82) is 0 Å². The van der Waals surface area contributed by atoms with Crippen LogP contribution < -0.4 is 26.9 Å². The maximum atomic E-state index is 13.3. The summed E-state index contributed by atoms with van der Waals surface area (Å²) in [6.07, 6.45) is 3.95. The fraction of sp³-hybridized carbons (Fsp3) is 0.231. The predicted octanol–water partition coefficient (Wildman–Crippen LogP) is 1.90. The van der Waals surface area contributed by atoms with Crippen molar-refractivity contribution in [3.05, 3.63) is 91.7 Å². The molecule has 0 saturated heterocycles. The maximum absolute atomic E-state index is 13.3. The highest BCUT2D eigenvalue weighted by Gasteiger charge is 2.24. The molecule has 0 spiro atoms. The second-order valence-corrected chi connectivity index (χ2v) is 8.62. The lowest BCUT2D eigenvalue weighted by atomic mass is 9.97. The number of hydrogen-bond acceptors (Lipinski definition) is 4. The summed E-state index contributed by atoms with van der Waals surface area (Å²) in [5, 5.41) is 6.59. The summed E-state index contributed by atoms with van der Waals surface area (Å²) < 4.78 is 0. The first-order chi connectivity index (χ1) is 15.4. The average Bonchev–Trinajstić information content (AvgIpc) is 3.59. The van der Waals surface area contributed by atoms with Gasteiger partial charge in [0.1, 0.15) is 0 Å². The second-order valence-electron chi connectivity index (χ2n) is 8.62. The first kappa shape index (κ1) is 20.1. The third kappa shape index (κ3) is 3.58. The smallest absolute Gasteiger partial charge is 0.256 e. The molecule has 1 aromatic heterocycles. The molecule has 2 aliphatic rings. The topological polar surface area (TPSA) is 77.2 Å². The first-order valence-corrected chi connectivity index (χ1v) is 10.9. The number of fused-ring (bicyclic) bond motifs is 1. The number of pyridine rings is 1. The van der Waals surface area contributed by atoms with E-state index in [1.165, 1.54) is 0 Å². The van der Waals surface area contributed by atoms with Crippen molar-refractivity contribution < 1.29 is 4.79 Å². The van der Waals surface area contributed by atoms with Gasteiger partial charge in [-0.05, 0) is 61.6 Å². The van der Waals surface area contributed by atoms with Crippen LogP contribution in [0.4, 0.5) is 0 Å². The fourth-order valence-electron chi connectivity index (χ4n) is 4.16. The molecule has 0 radical (unpaired) electrons. The van der Waals surface area contributed by atoms with Gasteiger partial charge < -0.3 is 15.7 Å². The van der Waals surface area contributed by atoms with Gasteiger partial charge in [-0.25, -0.2) is 0 Å². The van der Waals surface area contributed by atoms with Crippen LogP contribution >= 0.6 is 0 Å². The number of nitrogens with one attached hydrogen (secondary N) is 3. The molecule has 6 nitrogen and oxygen atoms in total.